The van der Waals surface area contributed by atoms with Gasteiger partial charge in [-0.05, 0) is 30.3 Å². The monoisotopic (exact) mass is 390 g/mol. The first-order chi connectivity index (χ1) is 12.9. The Morgan fingerprint density at radius 1 is 1.26 bits per heavy atom. The number of methoxy groups -OCH3 is 1. The molecule has 0 spiro atoms. The van der Waals surface area contributed by atoms with E-state index in [1.807, 2.05) is 0 Å². The van der Waals surface area contributed by atoms with Gasteiger partial charge in [0, 0.05) is 18.7 Å². The van der Waals surface area contributed by atoms with Crippen LogP contribution in [0, 0.1) is 11.7 Å². The summed E-state index contributed by atoms with van der Waals surface area (Å²) in [7, 11) is 1.25. The second kappa shape index (κ2) is 7.75. The smallest absolute Gasteiger partial charge is 0.339 e. The number of carbonyl (C=O) groups excluding carboxylic acids is 3. The molecule has 1 N–H and O–H groups in total. The molecule has 1 aliphatic rings. The first-order valence-electron chi connectivity index (χ1n) is 8.14. The van der Waals surface area contributed by atoms with Gasteiger partial charge in [-0.2, -0.15) is 0 Å². The fourth-order valence-electron chi connectivity index (χ4n) is 2.90. The lowest BCUT2D eigenvalue weighted by Crippen LogP contribution is -2.28. The number of rotatable bonds is 4. The minimum Gasteiger partial charge on any atom is -0.465 e. The molecule has 2 amide bonds. The van der Waals surface area contributed by atoms with Gasteiger partial charge in [-0.1, -0.05) is 23.7 Å². The molecule has 1 aliphatic heterocycles. The summed E-state index contributed by atoms with van der Waals surface area (Å²) in [6.45, 7) is 0.132. The SMILES string of the molecule is COC(=O)c1ccccc1NC(=O)C1CC(=O)N(c2ccc(F)c(Cl)c2)C1. The molecule has 140 valence electrons. The highest BCUT2D eigenvalue weighted by Gasteiger charge is 2.35. The van der Waals surface area contributed by atoms with E-state index in [-0.39, 0.29) is 29.5 Å². The first-order valence-corrected chi connectivity index (χ1v) is 8.52. The molecule has 27 heavy (non-hydrogen) atoms. The number of amides is 2. The molecule has 1 heterocycles. The molecule has 2 aromatic carbocycles. The van der Waals surface area contributed by atoms with E-state index in [0.717, 1.165) is 0 Å². The van der Waals surface area contributed by atoms with Crippen LogP contribution in [0.1, 0.15) is 16.8 Å². The number of ether oxygens (including phenoxy) is 1. The van der Waals surface area contributed by atoms with Crippen LogP contribution in [0.25, 0.3) is 0 Å². The van der Waals surface area contributed by atoms with E-state index in [0.29, 0.717) is 11.4 Å². The molecule has 3 rings (SSSR count). The van der Waals surface area contributed by atoms with Crippen molar-refractivity contribution in [2.45, 2.75) is 6.42 Å². The Labute approximate surface area is 159 Å². The van der Waals surface area contributed by atoms with Gasteiger partial charge in [-0.25, -0.2) is 9.18 Å². The van der Waals surface area contributed by atoms with E-state index in [4.69, 9.17) is 16.3 Å². The first kappa shape index (κ1) is 18.8. The largest absolute Gasteiger partial charge is 0.465 e. The molecule has 1 saturated heterocycles. The summed E-state index contributed by atoms with van der Waals surface area (Å²) in [6, 6.07) is 10.4. The highest BCUT2D eigenvalue weighted by molar-refractivity contribution is 6.31. The molecule has 1 fully saturated rings. The van der Waals surface area contributed by atoms with Crippen molar-refractivity contribution in [2.75, 3.05) is 23.9 Å². The van der Waals surface area contributed by atoms with Crippen molar-refractivity contribution < 1.29 is 23.5 Å². The molecule has 2 aromatic rings. The third-order valence-electron chi connectivity index (χ3n) is 4.30. The molecule has 0 bridgehead atoms. The van der Waals surface area contributed by atoms with E-state index in [1.165, 1.54) is 36.3 Å². The van der Waals surface area contributed by atoms with Crippen molar-refractivity contribution in [2.24, 2.45) is 5.92 Å². The number of para-hydroxylation sites is 1. The Bertz CT molecular complexity index is 918. The lowest BCUT2D eigenvalue weighted by atomic mass is 10.1. The molecule has 6 nitrogen and oxygen atoms in total. The van der Waals surface area contributed by atoms with E-state index in [9.17, 15) is 18.8 Å². The minimum atomic E-state index is -0.618. The van der Waals surface area contributed by atoms with Crippen LogP contribution in [0.3, 0.4) is 0 Å². The van der Waals surface area contributed by atoms with Crippen LogP contribution in [0.15, 0.2) is 42.5 Å². The van der Waals surface area contributed by atoms with Crippen LogP contribution in [-0.2, 0) is 14.3 Å². The number of nitrogens with zero attached hydrogens (tertiary/aromatic N) is 1. The zero-order valence-corrected chi connectivity index (χ0v) is 15.1. The highest BCUT2D eigenvalue weighted by atomic mass is 35.5. The fourth-order valence-corrected chi connectivity index (χ4v) is 3.08. The van der Waals surface area contributed by atoms with Crippen LogP contribution in [-0.4, -0.2) is 31.4 Å². The summed E-state index contributed by atoms with van der Waals surface area (Å²) in [5.74, 6) is -2.43. The Morgan fingerprint density at radius 2 is 2.00 bits per heavy atom. The van der Waals surface area contributed by atoms with Crippen LogP contribution < -0.4 is 10.2 Å². The Morgan fingerprint density at radius 3 is 2.70 bits per heavy atom. The lowest BCUT2D eigenvalue weighted by Gasteiger charge is -2.17. The van der Waals surface area contributed by atoms with E-state index in [2.05, 4.69) is 5.32 Å². The van der Waals surface area contributed by atoms with Crippen LogP contribution >= 0.6 is 11.6 Å². The van der Waals surface area contributed by atoms with Crippen molar-refractivity contribution in [1.29, 1.82) is 0 Å². The van der Waals surface area contributed by atoms with Gasteiger partial charge < -0.3 is 15.0 Å². The van der Waals surface area contributed by atoms with Gasteiger partial charge >= 0.3 is 5.97 Å². The van der Waals surface area contributed by atoms with Gasteiger partial charge in [0.25, 0.3) is 0 Å². The van der Waals surface area contributed by atoms with E-state index < -0.39 is 23.6 Å². The van der Waals surface area contributed by atoms with Crippen LogP contribution in [0.5, 0.6) is 0 Å². The normalized spacial score (nSPS) is 16.3. The van der Waals surface area contributed by atoms with Gasteiger partial charge in [-0.15, -0.1) is 0 Å². The maximum atomic E-state index is 13.3. The number of anilines is 2. The molecule has 0 saturated carbocycles. The van der Waals surface area contributed by atoms with Gasteiger partial charge in [0.15, 0.2) is 0 Å². The lowest BCUT2D eigenvalue weighted by molar-refractivity contribution is -0.122. The zero-order valence-electron chi connectivity index (χ0n) is 14.4. The van der Waals surface area contributed by atoms with Crippen molar-refractivity contribution in [3.63, 3.8) is 0 Å². The third-order valence-corrected chi connectivity index (χ3v) is 4.59. The van der Waals surface area contributed by atoms with Crippen molar-refractivity contribution in [3.8, 4) is 0 Å². The predicted molar refractivity (Wildman–Crippen MR) is 98.3 cm³/mol. The quantitative estimate of drug-likeness (QED) is 0.813. The molecular formula is C19H16ClFN2O4. The Balaban J connectivity index is 1.75. The summed E-state index contributed by atoms with van der Waals surface area (Å²) in [5.41, 5.74) is 0.960. The average molecular weight is 391 g/mol. The maximum Gasteiger partial charge on any atom is 0.339 e. The minimum absolute atomic E-state index is 0.00121. The van der Waals surface area contributed by atoms with E-state index >= 15 is 0 Å². The molecule has 0 radical (unpaired) electrons. The number of hydrogen-bond acceptors (Lipinski definition) is 4. The summed E-state index contributed by atoms with van der Waals surface area (Å²) in [6.07, 6.45) is 0.00121. The van der Waals surface area contributed by atoms with Crippen LogP contribution in [0.4, 0.5) is 15.8 Å². The van der Waals surface area contributed by atoms with Gasteiger partial charge in [0.05, 0.1) is 29.3 Å². The third kappa shape index (κ3) is 3.93. The summed E-state index contributed by atoms with van der Waals surface area (Å²) in [5, 5.41) is 2.58. The molecule has 0 aromatic heterocycles. The van der Waals surface area contributed by atoms with Gasteiger partial charge in [-0.3, -0.25) is 9.59 Å². The highest BCUT2D eigenvalue weighted by Crippen LogP contribution is 2.29. The Hall–Kier alpha value is -2.93. The zero-order chi connectivity index (χ0) is 19.6. The van der Waals surface area contributed by atoms with Gasteiger partial charge in [0.2, 0.25) is 11.8 Å². The Kier molecular flexibility index (Phi) is 5.41. The van der Waals surface area contributed by atoms with Crippen molar-refractivity contribution >= 4 is 40.8 Å². The molecule has 1 unspecified atom stereocenters. The fraction of sp³-hybridized carbons (Fsp3) is 0.211. The maximum absolute atomic E-state index is 13.3. The van der Waals surface area contributed by atoms with Crippen LogP contribution in [0.2, 0.25) is 5.02 Å². The number of halogens is 2. The number of nitrogens with one attached hydrogen (secondary N) is 1. The van der Waals surface area contributed by atoms with Gasteiger partial charge in [0.1, 0.15) is 5.82 Å². The second-order valence-corrected chi connectivity index (χ2v) is 6.44. The second-order valence-electron chi connectivity index (χ2n) is 6.03. The number of benzene rings is 2. The molecular weight excluding hydrogens is 375 g/mol. The summed E-state index contributed by atoms with van der Waals surface area (Å²) < 4.78 is 18.0. The molecule has 1 atom stereocenters. The number of hydrogen-bond donors (Lipinski definition) is 1. The standard InChI is InChI=1S/C19H16ClFN2O4/c1-27-19(26)13-4-2-3-5-16(13)22-18(25)11-8-17(24)23(10-11)12-6-7-15(21)14(20)9-12/h2-7,9,11H,8,10H2,1H3,(H,22,25). The summed E-state index contributed by atoms with van der Waals surface area (Å²) in [4.78, 5) is 38.1. The number of carbonyl (C=O) groups is 3. The number of esters is 1. The van der Waals surface area contributed by atoms with Crippen molar-refractivity contribution in [1.82, 2.24) is 0 Å². The summed E-state index contributed by atoms with van der Waals surface area (Å²) >= 11 is 5.77. The molecule has 8 heteroatoms. The van der Waals surface area contributed by atoms with Crippen molar-refractivity contribution in [3.05, 3.63) is 58.9 Å². The predicted octanol–water partition coefficient (Wildman–Crippen LogP) is 3.26. The van der Waals surface area contributed by atoms with E-state index in [1.54, 1.807) is 18.2 Å². The molecule has 0 aliphatic carbocycles. The average Bonchev–Trinajstić information content (AvgIpc) is 3.05. The topological polar surface area (TPSA) is 75.7 Å².